The molecule has 0 bridgehead atoms. The van der Waals surface area contributed by atoms with Gasteiger partial charge in [0.1, 0.15) is 6.00 Å². The molecule has 0 aliphatic carbocycles. The van der Waals surface area contributed by atoms with Crippen molar-refractivity contribution in [1.29, 1.82) is 0 Å². The van der Waals surface area contributed by atoms with Crippen molar-refractivity contribution in [1.82, 2.24) is 0 Å². The highest BCUT2D eigenvalue weighted by Crippen LogP contribution is 2.08. The van der Waals surface area contributed by atoms with Crippen LogP contribution in [-0.4, -0.2) is 20.5 Å². The molecule has 0 radical (unpaired) electrons. The maximum Gasteiger partial charge on any atom is 0.114 e. The zero-order chi connectivity index (χ0) is 8.20. The third-order valence-corrected chi connectivity index (χ3v) is 2.53. The lowest BCUT2D eigenvalue weighted by atomic mass is 10.3. The van der Waals surface area contributed by atoms with E-state index in [2.05, 4.69) is 4.99 Å². The normalized spacial score (nSPS) is 16.0. The molecule has 0 aromatic carbocycles. The summed E-state index contributed by atoms with van der Waals surface area (Å²) in [6, 6.07) is 0.182. The molecule has 0 aromatic heterocycles. The van der Waals surface area contributed by atoms with Crippen molar-refractivity contribution in [3.8, 4) is 0 Å². The second-order valence-electron chi connectivity index (χ2n) is 2.82. The molecule has 4 heteroatoms. The lowest BCUT2D eigenvalue weighted by Gasteiger charge is -2.12. The van der Waals surface area contributed by atoms with Crippen LogP contribution < -0.4 is 0 Å². The Morgan fingerprint density at radius 1 is 1.60 bits per heavy atom. The van der Waals surface area contributed by atoms with Gasteiger partial charge in [-0.15, -0.1) is 11.6 Å². The van der Waals surface area contributed by atoms with E-state index >= 15 is 0 Å². The van der Waals surface area contributed by atoms with Crippen LogP contribution in [0.2, 0.25) is 0 Å². The summed E-state index contributed by atoms with van der Waals surface area (Å²) >= 11 is 5.26. The number of alkyl halides is 1. The molecule has 10 heavy (non-hydrogen) atoms. The van der Waals surface area contributed by atoms with Crippen molar-refractivity contribution in [2.45, 2.75) is 25.5 Å². The Morgan fingerprint density at radius 2 is 2.10 bits per heavy atom. The Hall–Kier alpha value is 0.110. The van der Waals surface area contributed by atoms with E-state index < -0.39 is 10.8 Å². The largest absolute Gasteiger partial charge is 0.268 e. The molecule has 0 fully saturated rings. The van der Waals surface area contributed by atoms with Gasteiger partial charge in [-0.1, -0.05) is 0 Å². The summed E-state index contributed by atoms with van der Waals surface area (Å²) in [6.45, 7) is 5.68. The fraction of sp³-hybridized carbons (Fsp3) is 0.833. The summed E-state index contributed by atoms with van der Waals surface area (Å²) in [6.07, 6.45) is 0. The van der Waals surface area contributed by atoms with Gasteiger partial charge in [0.25, 0.3) is 0 Å². The fourth-order valence-corrected chi connectivity index (χ4v) is 0.931. The van der Waals surface area contributed by atoms with Gasteiger partial charge < -0.3 is 0 Å². The molecule has 2 nitrogen and oxygen atoms in total. The highest BCUT2D eigenvalue weighted by atomic mass is 35.5. The summed E-state index contributed by atoms with van der Waals surface area (Å²) < 4.78 is 10.9. The van der Waals surface area contributed by atoms with Gasteiger partial charge in [-0.25, -0.2) is 0 Å². The first-order chi connectivity index (χ1) is 4.48. The average Bonchev–Trinajstić information content (AvgIpc) is 1.80. The Morgan fingerprint density at radius 3 is 2.40 bits per heavy atom. The lowest BCUT2D eigenvalue weighted by Crippen LogP contribution is -2.22. The van der Waals surface area contributed by atoms with E-state index in [-0.39, 0.29) is 10.8 Å². The van der Waals surface area contributed by atoms with Crippen molar-refractivity contribution in [3.05, 3.63) is 0 Å². The predicted molar refractivity (Wildman–Crippen MR) is 47.1 cm³/mol. The number of nitrogens with zero attached hydrogens (tertiary/aromatic N) is 1. The zero-order valence-corrected chi connectivity index (χ0v) is 8.00. The first-order valence-electron chi connectivity index (χ1n) is 2.95. The first-order valence-corrected chi connectivity index (χ1v) is 4.70. The van der Waals surface area contributed by atoms with Crippen LogP contribution in [0.25, 0.3) is 0 Å². The second-order valence-corrected chi connectivity index (χ2v) is 5.09. The van der Waals surface area contributed by atoms with Crippen LogP contribution in [0, 0.1) is 0 Å². The average molecular weight is 182 g/mol. The molecular weight excluding hydrogens is 170 g/mol. The minimum atomic E-state index is -1.01. The number of hydrogen-bond acceptors (Lipinski definition) is 2. The highest BCUT2D eigenvalue weighted by molar-refractivity contribution is 7.99. The van der Waals surface area contributed by atoms with Crippen LogP contribution in [0.15, 0.2) is 4.99 Å². The smallest absolute Gasteiger partial charge is 0.114 e. The molecule has 0 aliphatic rings. The highest BCUT2D eigenvalue weighted by Gasteiger charge is 2.16. The van der Waals surface area contributed by atoms with Crippen LogP contribution in [-0.2, 0) is 10.8 Å². The van der Waals surface area contributed by atoms with Crippen molar-refractivity contribution in [2.24, 2.45) is 4.99 Å². The van der Waals surface area contributed by atoms with E-state index in [0.29, 0.717) is 0 Å². The summed E-state index contributed by atoms with van der Waals surface area (Å²) in [5.74, 6) is 0. The van der Waals surface area contributed by atoms with Crippen molar-refractivity contribution >= 4 is 27.9 Å². The van der Waals surface area contributed by atoms with Crippen LogP contribution in [0.4, 0.5) is 0 Å². The van der Waals surface area contributed by atoms with Gasteiger partial charge in [-0.05, 0) is 20.8 Å². The molecule has 0 heterocycles. The second kappa shape index (κ2) is 4.09. The summed E-state index contributed by atoms with van der Waals surface area (Å²) in [7, 11) is -1.01. The molecule has 0 aliphatic heterocycles. The van der Waals surface area contributed by atoms with Crippen molar-refractivity contribution in [2.75, 3.05) is 6.00 Å². The van der Waals surface area contributed by atoms with E-state index in [0.717, 1.165) is 0 Å². The number of hydrogen-bond donors (Lipinski definition) is 0. The number of rotatable bonds is 2. The monoisotopic (exact) mass is 181 g/mol. The molecule has 0 saturated carbocycles. The molecule has 0 spiro atoms. The quantitative estimate of drug-likeness (QED) is 0.276. The maximum absolute atomic E-state index is 11.1. The zero-order valence-electron chi connectivity index (χ0n) is 6.43. The minimum Gasteiger partial charge on any atom is -0.268 e. The van der Waals surface area contributed by atoms with E-state index in [1.54, 1.807) is 0 Å². The molecular formula is C6H12ClNOS. The van der Waals surface area contributed by atoms with Crippen molar-refractivity contribution in [3.63, 3.8) is 0 Å². The van der Waals surface area contributed by atoms with Gasteiger partial charge >= 0.3 is 0 Å². The van der Waals surface area contributed by atoms with Crippen LogP contribution in [0.1, 0.15) is 20.8 Å². The van der Waals surface area contributed by atoms with E-state index in [9.17, 15) is 4.21 Å². The molecule has 1 unspecified atom stereocenters. The number of aliphatic imine (C=N–C) groups is 1. The summed E-state index contributed by atoms with van der Waals surface area (Å²) in [4.78, 5) is 3.68. The Bertz CT molecular complexity index is 150. The Labute approximate surface area is 69.1 Å². The van der Waals surface area contributed by atoms with Crippen molar-refractivity contribution < 1.29 is 4.21 Å². The van der Waals surface area contributed by atoms with E-state index in [4.69, 9.17) is 11.6 Å². The van der Waals surface area contributed by atoms with Gasteiger partial charge in [0, 0.05) is 4.75 Å². The Balaban J connectivity index is 3.98. The fourth-order valence-electron chi connectivity index (χ4n) is 0.254. The van der Waals surface area contributed by atoms with Gasteiger partial charge in [0.05, 0.1) is 16.3 Å². The molecule has 0 aromatic rings. The molecule has 0 saturated heterocycles. The minimum absolute atomic E-state index is 0.182. The Kier molecular flexibility index (Phi) is 4.13. The van der Waals surface area contributed by atoms with Gasteiger partial charge in [-0.3, -0.25) is 9.20 Å². The van der Waals surface area contributed by atoms with Crippen LogP contribution in [0.5, 0.6) is 0 Å². The maximum atomic E-state index is 11.1. The third kappa shape index (κ3) is 4.01. The summed E-state index contributed by atoms with van der Waals surface area (Å²) in [5, 5.41) is 0. The van der Waals surface area contributed by atoms with Crippen LogP contribution in [0.3, 0.4) is 0 Å². The molecule has 60 valence electrons. The predicted octanol–water partition coefficient (Wildman–Crippen LogP) is 1.76. The van der Waals surface area contributed by atoms with E-state index in [1.807, 2.05) is 20.8 Å². The molecule has 0 amide bonds. The SMILES string of the molecule is CC(C)(C)S(=O)C=NCCl. The van der Waals surface area contributed by atoms with Gasteiger partial charge in [0.15, 0.2) is 0 Å². The summed E-state index contributed by atoms with van der Waals surface area (Å²) in [5.41, 5.74) is 1.40. The van der Waals surface area contributed by atoms with Gasteiger partial charge in [0.2, 0.25) is 0 Å². The topological polar surface area (TPSA) is 29.4 Å². The molecule has 0 N–H and O–H groups in total. The molecule has 1 atom stereocenters. The number of halogens is 1. The lowest BCUT2D eigenvalue weighted by molar-refractivity contribution is 0.659. The van der Waals surface area contributed by atoms with Crippen LogP contribution >= 0.6 is 11.6 Å². The third-order valence-electron chi connectivity index (χ3n) is 0.843. The first kappa shape index (κ1) is 10.1. The molecule has 0 rings (SSSR count). The van der Waals surface area contributed by atoms with E-state index in [1.165, 1.54) is 5.55 Å². The van der Waals surface area contributed by atoms with Gasteiger partial charge in [-0.2, -0.15) is 0 Å². The standard InChI is InChI=1S/C6H12ClNOS/c1-6(2,3)10(9)5-8-4-7/h5H,4H2,1-3H3.